The Morgan fingerprint density at radius 2 is 0.535 bits per heavy atom. The third kappa shape index (κ3) is 28.4. The van der Waals surface area contributed by atoms with Crippen molar-refractivity contribution in [2.24, 2.45) is 0 Å². The fourth-order valence-corrected chi connectivity index (χ4v) is 8.96. The Morgan fingerprint density at radius 3 is 0.752 bits per heavy atom. The summed E-state index contributed by atoms with van der Waals surface area (Å²) in [7, 11) is 0. The summed E-state index contributed by atoms with van der Waals surface area (Å²) in [5, 5.41) is 41.2. The van der Waals surface area contributed by atoms with Crippen molar-refractivity contribution in [1.29, 1.82) is 0 Å². The molecule has 0 unspecified atom stereocenters. The summed E-state index contributed by atoms with van der Waals surface area (Å²) in [6, 6.07) is 20.0. The summed E-state index contributed by atoms with van der Waals surface area (Å²) in [6.07, 6.45) is -3.97. The number of alkyl carbamates (subject to hydrolysis) is 4. The highest BCUT2D eigenvalue weighted by Gasteiger charge is 2.30. The van der Waals surface area contributed by atoms with E-state index in [1.54, 1.807) is 144 Å². The van der Waals surface area contributed by atoms with Crippen LogP contribution < -0.4 is 63.8 Å². The molecular formula is C71H90N12O18. The lowest BCUT2D eigenvalue weighted by atomic mass is 10.0. The number of anilines is 6. The summed E-state index contributed by atoms with van der Waals surface area (Å²) >= 11 is 0. The van der Waals surface area contributed by atoms with Gasteiger partial charge in [-0.25, -0.2) is 24.0 Å². The minimum absolute atomic E-state index is 0.0766. The topological polar surface area (TPSA) is 423 Å². The number of hydrogen-bond donors (Lipinski definition) is 13. The minimum atomic E-state index is -1.50. The zero-order valence-electron chi connectivity index (χ0n) is 59.2. The van der Waals surface area contributed by atoms with E-state index in [0.717, 1.165) is 12.1 Å². The van der Waals surface area contributed by atoms with E-state index < -0.39 is 142 Å². The molecule has 0 aromatic heterocycles. The maximum absolute atomic E-state index is 14.7. The van der Waals surface area contributed by atoms with E-state index in [0.29, 0.717) is 11.1 Å². The van der Waals surface area contributed by atoms with Gasteiger partial charge in [-0.2, -0.15) is 0 Å². The Balaban J connectivity index is 1.49. The Labute approximate surface area is 585 Å². The third-order valence-corrected chi connectivity index (χ3v) is 13.5. The first kappa shape index (κ1) is 80.1. The second kappa shape index (κ2) is 34.8. The van der Waals surface area contributed by atoms with Crippen LogP contribution >= 0.6 is 0 Å². The largest absolute Gasteiger partial charge is 0.478 e. The van der Waals surface area contributed by atoms with Crippen LogP contribution in [0.1, 0.15) is 153 Å². The molecule has 542 valence electrons. The summed E-state index contributed by atoms with van der Waals surface area (Å²) in [5.74, 6) is -8.31. The molecule has 0 spiro atoms. The number of carbonyl (C=O) groups excluding carboxylic acids is 12. The highest BCUT2D eigenvalue weighted by molar-refractivity contribution is 6.08. The van der Waals surface area contributed by atoms with Crippen LogP contribution in [0.15, 0.2) is 115 Å². The summed E-state index contributed by atoms with van der Waals surface area (Å²) in [6.45, 7) is 25.0. The van der Waals surface area contributed by atoms with Gasteiger partial charge in [-0.1, -0.05) is 60.7 Å². The lowest BCUT2D eigenvalue weighted by Gasteiger charge is -2.23. The van der Waals surface area contributed by atoms with Gasteiger partial charge < -0.3 is 87.9 Å². The molecule has 5 aromatic carbocycles. The number of carboxylic acids is 1. The van der Waals surface area contributed by atoms with Crippen molar-refractivity contribution in [3.05, 3.63) is 143 Å². The SMILES string of the molecule is C[C@H](NC(=O)OC(C)(C)C)C(=O)Nc1cc(NC(=O)[C@H](C)NC(=O)OC(C)(C)C)cc(C(=O)N[C@@H](Cc2ccccc2)C(=O)Nc2cc(NC(=O)[C@H](Cc3ccccc3)NC(=O)c3cc(NC(=O)[C@H](C)NC(=O)OC(C)(C)C)cc(NC(=O)[C@H](C)NC(=O)OC(C)(C)C)c3)cc(C(=O)O)c2)c1. The number of carboxylic acid groups (broad SMARTS) is 1. The number of rotatable bonds is 25. The molecule has 0 aliphatic rings. The molecule has 12 amide bonds. The van der Waals surface area contributed by atoms with E-state index in [4.69, 9.17) is 18.9 Å². The number of carbonyl (C=O) groups is 13. The highest BCUT2D eigenvalue weighted by Crippen LogP contribution is 2.26. The molecule has 0 saturated heterocycles. The van der Waals surface area contributed by atoms with Gasteiger partial charge in [0.2, 0.25) is 35.4 Å². The van der Waals surface area contributed by atoms with Gasteiger partial charge in [-0.15, -0.1) is 0 Å². The number of amides is 12. The molecule has 0 aliphatic heterocycles. The normalized spacial score (nSPS) is 13.1. The second-order valence-electron chi connectivity index (χ2n) is 27.5. The number of benzene rings is 5. The van der Waals surface area contributed by atoms with Crippen LogP contribution in [0.5, 0.6) is 0 Å². The molecule has 0 aliphatic carbocycles. The maximum atomic E-state index is 14.7. The van der Waals surface area contributed by atoms with Crippen molar-refractivity contribution < 1.29 is 86.4 Å². The zero-order valence-corrected chi connectivity index (χ0v) is 59.2. The van der Waals surface area contributed by atoms with Crippen LogP contribution in [0.4, 0.5) is 53.3 Å². The van der Waals surface area contributed by atoms with E-state index in [2.05, 4.69) is 63.8 Å². The van der Waals surface area contributed by atoms with Crippen molar-refractivity contribution >= 4 is 112 Å². The average molecular weight is 1400 g/mol. The monoisotopic (exact) mass is 1400 g/mol. The first-order valence-electron chi connectivity index (χ1n) is 32.1. The lowest BCUT2D eigenvalue weighted by Crippen LogP contribution is -2.46. The Kier molecular flexibility index (Phi) is 27.6. The van der Waals surface area contributed by atoms with E-state index in [1.165, 1.54) is 70.2 Å². The molecule has 30 nitrogen and oxygen atoms in total. The second-order valence-corrected chi connectivity index (χ2v) is 27.5. The zero-order chi connectivity index (χ0) is 75.5. The highest BCUT2D eigenvalue weighted by atomic mass is 16.6. The summed E-state index contributed by atoms with van der Waals surface area (Å²) in [4.78, 5) is 176. The summed E-state index contributed by atoms with van der Waals surface area (Å²) in [5.41, 5.74) is -4.13. The molecule has 5 rings (SSSR count). The molecule has 13 N–H and O–H groups in total. The van der Waals surface area contributed by atoms with Gasteiger partial charge in [-0.05, 0) is 177 Å². The summed E-state index contributed by atoms with van der Waals surface area (Å²) < 4.78 is 21.1. The van der Waals surface area contributed by atoms with Gasteiger partial charge in [0.05, 0.1) is 5.56 Å². The quantitative estimate of drug-likeness (QED) is 0.0243. The fraction of sp³-hybridized carbons (Fsp3) is 0.394. The van der Waals surface area contributed by atoms with E-state index >= 15 is 0 Å². The van der Waals surface area contributed by atoms with E-state index in [1.807, 2.05) is 0 Å². The van der Waals surface area contributed by atoms with Crippen LogP contribution in [0, 0.1) is 0 Å². The van der Waals surface area contributed by atoms with Gasteiger partial charge in [0.15, 0.2) is 0 Å². The smallest absolute Gasteiger partial charge is 0.408 e. The van der Waals surface area contributed by atoms with Gasteiger partial charge in [-0.3, -0.25) is 38.4 Å². The molecule has 0 saturated carbocycles. The first-order valence-corrected chi connectivity index (χ1v) is 32.1. The lowest BCUT2D eigenvalue weighted by molar-refractivity contribution is -0.118. The predicted octanol–water partition coefficient (Wildman–Crippen LogP) is 8.75. The van der Waals surface area contributed by atoms with E-state index in [-0.39, 0.29) is 58.1 Å². The number of ether oxygens (including phenoxy) is 4. The molecule has 0 fully saturated rings. The molecule has 0 radical (unpaired) electrons. The van der Waals surface area contributed by atoms with Crippen molar-refractivity contribution in [1.82, 2.24) is 31.9 Å². The molecule has 5 aromatic rings. The van der Waals surface area contributed by atoms with Crippen LogP contribution in [0.3, 0.4) is 0 Å². The maximum Gasteiger partial charge on any atom is 0.408 e. The van der Waals surface area contributed by atoms with Crippen molar-refractivity contribution in [2.75, 3.05) is 31.9 Å². The number of hydrogen-bond acceptors (Lipinski definition) is 17. The van der Waals surface area contributed by atoms with Crippen LogP contribution in [-0.4, -0.2) is 141 Å². The standard InChI is InChI=1S/C71H90N12O18/c1-38(72-64(94)98-68(5,6)7)55(84)76-47-29-44(30-48(35-47)77-56(85)39(2)73-65(95)99-69(8,9)10)59(88)82-53(27-42-23-19-17-20-24-42)61(90)80-51-33-46(63(92)93)34-52(37-51)81-62(91)54(28-43-25-21-18-22-26-43)83-60(89)45-31-49(78-57(86)40(3)74-66(96)100-70(11,12)13)36-50(32-45)79-58(87)41(4)75-67(97)101-71(14,15)16/h17-26,29-41,53-54H,27-28H2,1-16H3,(H,72,94)(H,73,95)(H,74,96)(H,75,97)(H,76,84)(H,77,85)(H,78,86)(H,79,87)(H,80,90)(H,81,91)(H,82,88)(H,83,89)(H,92,93)/t38-,39-,40-,41-,53-,54-/m0/s1. The van der Waals surface area contributed by atoms with Gasteiger partial charge in [0, 0.05) is 58.1 Å². The molecule has 6 atom stereocenters. The number of aromatic carboxylic acids is 1. The third-order valence-electron chi connectivity index (χ3n) is 13.5. The molecule has 30 heteroatoms. The van der Waals surface area contributed by atoms with Gasteiger partial charge in [0.1, 0.15) is 58.7 Å². The van der Waals surface area contributed by atoms with Crippen molar-refractivity contribution in [3.8, 4) is 0 Å². The van der Waals surface area contributed by atoms with E-state index in [9.17, 15) is 67.4 Å². The molecule has 0 bridgehead atoms. The average Bonchev–Trinajstić information content (AvgIpc) is 0.830. The first-order chi connectivity index (χ1) is 46.9. The molecule has 101 heavy (non-hydrogen) atoms. The fourth-order valence-electron chi connectivity index (χ4n) is 8.96. The van der Waals surface area contributed by atoms with Crippen molar-refractivity contribution in [2.45, 2.75) is 182 Å². The van der Waals surface area contributed by atoms with Crippen LogP contribution in [-0.2, 0) is 60.6 Å². The van der Waals surface area contributed by atoms with Crippen LogP contribution in [0.25, 0.3) is 0 Å². The molecular weight excluding hydrogens is 1310 g/mol. The van der Waals surface area contributed by atoms with Crippen LogP contribution in [0.2, 0.25) is 0 Å². The van der Waals surface area contributed by atoms with Gasteiger partial charge >= 0.3 is 30.3 Å². The Hall–Kier alpha value is -11.6. The number of nitrogens with one attached hydrogen (secondary N) is 12. The minimum Gasteiger partial charge on any atom is -0.478 e. The Morgan fingerprint density at radius 1 is 0.317 bits per heavy atom. The Bertz CT molecular complexity index is 3520. The van der Waals surface area contributed by atoms with Gasteiger partial charge in [0.25, 0.3) is 11.8 Å². The predicted molar refractivity (Wildman–Crippen MR) is 376 cm³/mol. The molecule has 0 heterocycles. The van der Waals surface area contributed by atoms with Crippen molar-refractivity contribution in [3.63, 3.8) is 0 Å².